The first-order valence-corrected chi connectivity index (χ1v) is 6.41. The molecule has 2 unspecified atom stereocenters. The molecule has 0 aromatic heterocycles. The van der Waals surface area contributed by atoms with E-state index in [1.54, 1.807) is 0 Å². The van der Waals surface area contributed by atoms with Gasteiger partial charge in [0.1, 0.15) is 0 Å². The van der Waals surface area contributed by atoms with Crippen LogP contribution < -0.4 is 4.90 Å². The number of hydrogen-bond acceptors (Lipinski definition) is 2. The lowest BCUT2D eigenvalue weighted by Crippen LogP contribution is -2.57. The minimum atomic E-state index is 0.363. The predicted octanol–water partition coefficient (Wildman–Crippen LogP) is 2.98. The molecule has 1 aromatic rings. The summed E-state index contributed by atoms with van der Waals surface area (Å²) in [4.78, 5) is 3.87. The van der Waals surface area contributed by atoms with Crippen molar-refractivity contribution < 1.29 is 0 Å². The van der Waals surface area contributed by atoms with E-state index in [4.69, 9.17) is 11.6 Å². The van der Waals surface area contributed by atoms with Crippen LogP contribution in [0, 0.1) is 0 Å². The molecular weight excluding hydrogens is 214 g/mol. The third kappa shape index (κ3) is 1.24. The van der Waals surface area contributed by atoms with Crippen molar-refractivity contribution >= 4 is 29.1 Å². The Morgan fingerprint density at radius 3 is 3.07 bits per heavy atom. The predicted molar refractivity (Wildman–Crippen MR) is 62.6 cm³/mol. The Labute approximate surface area is 93.4 Å². The molecule has 1 aromatic carbocycles. The van der Waals surface area contributed by atoms with E-state index in [1.807, 2.05) is 11.8 Å². The van der Waals surface area contributed by atoms with Gasteiger partial charge in [-0.3, -0.25) is 0 Å². The van der Waals surface area contributed by atoms with E-state index in [-0.39, 0.29) is 0 Å². The van der Waals surface area contributed by atoms with E-state index in [0.29, 0.717) is 11.4 Å². The Balaban J connectivity index is 2.00. The number of thioether (sulfide) groups is 1. The summed E-state index contributed by atoms with van der Waals surface area (Å²) in [6.45, 7) is 1.02. The van der Waals surface area contributed by atoms with Crippen LogP contribution in [0.3, 0.4) is 0 Å². The normalized spacial score (nSPS) is 29.9. The minimum absolute atomic E-state index is 0.363. The first-order chi connectivity index (χ1) is 6.86. The number of hydrogen-bond donors (Lipinski definition) is 0. The molecule has 14 heavy (non-hydrogen) atoms. The summed E-state index contributed by atoms with van der Waals surface area (Å²) >= 11 is 8.17. The topological polar surface area (TPSA) is 3.24 Å². The maximum absolute atomic E-state index is 6.21. The Morgan fingerprint density at radius 1 is 1.36 bits per heavy atom. The van der Waals surface area contributed by atoms with Crippen LogP contribution >= 0.6 is 23.4 Å². The van der Waals surface area contributed by atoms with Gasteiger partial charge in [0, 0.05) is 23.2 Å². The number of anilines is 1. The fourth-order valence-corrected chi connectivity index (χ4v) is 3.72. The van der Waals surface area contributed by atoms with Gasteiger partial charge in [0.25, 0.3) is 0 Å². The molecule has 0 radical (unpaired) electrons. The zero-order chi connectivity index (χ0) is 9.54. The van der Waals surface area contributed by atoms with Crippen LogP contribution in [0.5, 0.6) is 0 Å². The van der Waals surface area contributed by atoms with Gasteiger partial charge in [-0.1, -0.05) is 12.1 Å². The number of benzene rings is 1. The van der Waals surface area contributed by atoms with Gasteiger partial charge in [0.2, 0.25) is 0 Å². The van der Waals surface area contributed by atoms with Crippen molar-refractivity contribution in [3.05, 3.63) is 24.3 Å². The molecule has 1 nitrogen and oxygen atoms in total. The summed E-state index contributed by atoms with van der Waals surface area (Å²) in [6, 6.07) is 9.23. The molecule has 2 atom stereocenters. The van der Waals surface area contributed by atoms with Gasteiger partial charge in [-0.2, -0.15) is 0 Å². The maximum atomic E-state index is 6.21. The summed E-state index contributed by atoms with van der Waals surface area (Å²) in [5.41, 5.74) is 1.39. The van der Waals surface area contributed by atoms with Crippen LogP contribution in [0.4, 0.5) is 5.69 Å². The summed E-state index contributed by atoms with van der Waals surface area (Å²) in [6.07, 6.45) is 1.22. The molecule has 2 aliphatic rings. The molecule has 0 spiro atoms. The zero-order valence-electron chi connectivity index (χ0n) is 7.82. The fraction of sp³-hybridized carbons (Fsp3) is 0.455. The lowest BCUT2D eigenvalue weighted by Gasteiger charge is -2.46. The van der Waals surface area contributed by atoms with Crippen LogP contribution in [0.2, 0.25) is 0 Å². The van der Waals surface area contributed by atoms with Crippen molar-refractivity contribution in [2.75, 3.05) is 17.2 Å². The monoisotopic (exact) mass is 225 g/mol. The van der Waals surface area contributed by atoms with Crippen LogP contribution in [-0.2, 0) is 0 Å². The molecule has 2 aliphatic heterocycles. The molecule has 0 aliphatic carbocycles. The second-order valence-electron chi connectivity index (χ2n) is 3.84. The quantitative estimate of drug-likeness (QED) is 0.625. The average Bonchev–Trinajstić information content (AvgIpc) is 2.35. The third-order valence-electron chi connectivity index (χ3n) is 3.03. The highest BCUT2D eigenvalue weighted by molar-refractivity contribution is 7.99. The van der Waals surface area contributed by atoms with Gasteiger partial charge < -0.3 is 4.90 Å². The summed E-state index contributed by atoms with van der Waals surface area (Å²) in [7, 11) is 0. The Kier molecular flexibility index (Phi) is 2.14. The Morgan fingerprint density at radius 2 is 2.21 bits per heavy atom. The highest BCUT2D eigenvalue weighted by Gasteiger charge is 2.39. The van der Waals surface area contributed by atoms with Crippen LogP contribution in [0.25, 0.3) is 0 Å². The highest BCUT2D eigenvalue weighted by atomic mass is 35.5. The molecule has 2 heterocycles. The molecular formula is C11H12ClNS. The largest absolute Gasteiger partial charge is 0.364 e. The van der Waals surface area contributed by atoms with Gasteiger partial charge >= 0.3 is 0 Å². The molecule has 74 valence electrons. The van der Waals surface area contributed by atoms with E-state index in [2.05, 4.69) is 29.2 Å². The summed E-state index contributed by atoms with van der Waals surface area (Å²) in [5.74, 6) is 1.20. The number of para-hydroxylation sites is 1. The van der Waals surface area contributed by atoms with Gasteiger partial charge in [-0.15, -0.1) is 23.4 Å². The molecule has 3 heteroatoms. The first-order valence-electron chi connectivity index (χ1n) is 4.99. The summed E-state index contributed by atoms with van der Waals surface area (Å²) in [5, 5.41) is 0.363. The average molecular weight is 226 g/mol. The molecule has 0 amide bonds. The minimum Gasteiger partial charge on any atom is -0.364 e. The van der Waals surface area contributed by atoms with Crippen molar-refractivity contribution in [1.29, 1.82) is 0 Å². The standard InChI is InChI=1S/C11H12ClNS/c12-8-7-13-9(8)5-6-14-11-4-2-1-3-10(11)13/h1-4,8-9H,5-7H2. The number of halogens is 1. The fourth-order valence-electron chi connectivity index (χ4n) is 2.22. The number of nitrogens with zero attached hydrogens (tertiary/aromatic N) is 1. The van der Waals surface area contributed by atoms with Crippen LogP contribution in [0.1, 0.15) is 6.42 Å². The van der Waals surface area contributed by atoms with Gasteiger partial charge in [0.15, 0.2) is 0 Å². The molecule has 1 saturated heterocycles. The molecule has 0 N–H and O–H groups in total. The van der Waals surface area contributed by atoms with Crippen molar-refractivity contribution in [3.8, 4) is 0 Å². The SMILES string of the molecule is ClC1CN2c3ccccc3SCCC12. The first kappa shape index (κ1) is 8.93. The molecule has 3 rings (SSSR count). The lowest BCUT2D eigenvalue weighted by atomic mass is 9.99. The summed E-state index contributed by atoms with van der Waals surface area (Å²) < 4.78 is 0. The lowest BCUT2D eigenvalue weighted by molar-refractivity contribution is 0.449. The third-order valence-corrected chi connectivity index (χ3v) is 4.56. The van der Waals surface area contributed by atoms with E-state index >= 15 is 0 Å². The second kappa shape index (κ2) is 3.35. The van der Waals surface area contributed by atoms with Crippen LogP contribution in [-0.4, -0.2) is 23.7 Å². The number of rotatable bonds is 0. The van der Waals surface area contributed by atoms with Gasteiger partial charge in [-0.05, 0) is 18.6 Å². The van der Waals surface area contributed by atoms with E-state index in [1.165, 1.54) is 22.8 Å². The van der Waals surface area contributed by atoms with Gasteiger partial charge in [-0.25, -0.2) is 0 Å². The van der Waals surface area contributed by atoms with Crippen molar-refractivity contribution in [2.45, 2.75) is 22.7 Å². The smallest absolute Gasteiger partial charge is 0.0714 e. The number of fused-ring (bicyclic) bond motifs is 3. The molecule has 1 fully saturated rings. The van der Waals surface area contributed by atoms with Crippen molar-refractivity contribution in [3.63, 3.8) is 0 Å². The van der Waals surface area contributed by atoms with E-state index < -0.39 is 0 Å². The molecule has 0 saturated carbocycles. The van der Waals surface area contributed by atoms with Crippen molar-refractivity contribution in [2.24, 2.45) is 0 Å². The Hall–Kier alpha value is -0.340. The van der Waals surface area contributed by atoms with Gasteiger partial charge in [0.05, 0.1) is 11.1 Å². The maximum Gasteiger partial charge on any atom is 0.0714 e. The van der Waals surface area contributed by atoms with E-state index in [9.17, 15) is 0 Å². The Bertz CT molecular complexity index is 355. The number of alkyl halides is 1. The highest BCUT2D eigenvalue weighted by Crippen LogP contribution is 2.41. The van der Waals surface area contributed by atoms with Crippen molar-refractivity contribution in [1.82, 2.24) is 0 Å². The van der Waals surface area contributed by atoms with Crippen LogP contribution in [0.15, 0.2) is 29.2 Å². The second-order valence-corrected chi connectivity index (χ2v) is 5.54. The zero-order valence-corrected chi connectivity index (χ0v) is 9.39. The van der Waals surface area contributed by atoms with E-state index in [0.717, 1.165) is 6.54 Å². The molecule has 0 bridgehead atoms.